The number of nitrogens with zero attached hydrogens (tertiary/aromatic N) is 5. The molecule has 0 radical (unpaired) electrons. The third-order valence-corrected chi connectivity index (χ3v) is 6.14. The number of ether oxygens (including phenoxy) is 2. The Morgan fingerprint density at radius 2 is 1.97 bits per heavy atom. The number of anilines is 3. The van der Waals surface area contributed by atoms with Crippen LogP contribution in [0.3, 0.4) is 0 Å². The maximum Gasteiger partial charge on any atom is 0.387 e. The van der Waals surface area contributed by atoms with E-state index in [0.717, 1.165) is 57.6 Å². The molecule has 2 atom stereocenters. The van der Waals surface area contributed by atoms with Gasteiger partial charge in [0.25, 0.3) is 0 Å². The van der Waals surface area contributed by atoms with Gasteiger partial charge in [0.15, 0.2) is 11.6 Å². The van der Waals surface area contributed by atoms with Gasteiger partial charge in [-0.2, -0.15) is 13.8 Å². The number of aromatic nitrogens is 3. The highest BCUT2D eigenvalue weighted by Gasteiger charge is 2.40. The zero-order valence-electron chi connectivity index (χ0n) is 19.2. The van der Waals surface area contributed by atoms with Gasteiger partial charge in [-0.05, 0) is 25.3 Å². The van der Waals surface area contributed by atoms with Gasteiger partial charge in [0.05, 0.1) is 24.4 Å². The molecule has 0 unspecified atom stereocenters. The molecule has 0 spiro atoms. The van der Waals surface area contributed by atoms with Crippen LogP contribution >= 0.6 is 0 Å². The van der Waals surface area contributed by atoms with Crippen molar-refractivity contribution in [3.05, 3.63) is 18.3 Å². The van der Waals surface area contributed by atoms with Crippen molar-refractivity contribution in [2.75, 3.05) is 41.8 Å². The number of nitrogens with two attached hydrogens (primary N) is 1. The lowest BCUT2D eigenvalue weighted by Crippen LogP contribution is -2.38. The summed E-state index contributed by atoms with van der Waals surface area (Å²) < 4.78 is 36.0. The summed E-state index contributed by atoms with van der Waals surface area (Å²) in [6.45, 7) is 4.51. The number of halogens is 2. The molecule has 4 rings (SSSR count). The second kappa shape index (κ2) is 10.5. The Morgan fingerprint density at radius 1 is 1.21 bits per heavy atom. The van der Waals surface area contributed by atoms with Crippen LogP contribution in [0.5, 0.6) is 5.75 Å². The largest absolute Gasteiger partial charge is 0.431 e. The number of nitrogen functional groups attached to an aromatic ring is 1. The molecule has 8 nitrogen and oxygen atoms in total. The number of rotatable bonds is 11. The summed E-state index contributed by atoms with van der Waals surface area (Å²) in [6.07, 6.45) is 6.94. The van der Waals surface area contributed by atoms with Gasteiger partial charge in [-0.25, -0.2) is 9.97 Å². The van der Waals surface area contributed by atoms with Gasteiger partial charge in [0.1, 0.15) is 5.82 Å². The van der Waals surface area contributed by atoms with Crippen LogP contribution in [0, 0.1) is 0 Å². The molecule has 2 aliphatic heterocycles. The molecular weight excluding hydrogens is 430 g/mol. The average molecular weight is 463 g/mol. The normalized spacial score (nSPS) is 19.5. The molecule has 180 valence electrons. The van der Waals surface area contributed by atoms with Gasteiger partial charge >= 0.3 is 6.61 Å². The first kappa shape index (κ1) is 23.4. The summed E-state index contributed by atoms with van der Waals surface area (Å²) in [4.78, 5) is 18.3. The predicted octanol–water partition coefficient (Wildman–Crippen LogP) is 4.11. The molecule has 2 bridgehead atoms. The van der Waals surface area contributed by atoms with Crippen molar-refractivity contribution >= 4 is 17.6 Å². The Bertz CT molecular complexity index is 939. The predicted molar refractivity (Wildman–Crippen MR) is 124 cm³/mol. The minimum Gasteiger partial charge on any atom is -0.431 e. The standard InChI is InChI=1S/C23H32F2N6O2/c1-3-5-7-30(8-6-4-2)23-28-18(15-9-19(33-22(24)25)21(26)27-12-15)11-20(29-23)31-13-17-10-16(31)14-32-17/h9,11-12,16-17,22H,3-8,10,13-14H2,1-2H3,(H2,26,27)/t16-,17-/m0/s1. The Morgan fingerprint density at radius 3 is 2.58 bits per heavy atom. The van der Waals surface area contributed by atoms with Crippen LogP contribution in [0.2, 0.25) is 0 Å². The van der Waals surface area contributed by atoms with Gasteiger partial charge in [-0.1, -0.05) is 26.7 Å². The molecular formula is C23H32F2N6O2. The minimum absolute atomic E-state index is 0.0879. The molecule has 4 heterocycles. The van der Waals surface area contributed by atoms with Gasteiger partial charge in [0.2, 0.25) is 5.95 Å². The number of alkyl halides is 2. The Balaban J connectivity index is 1.74. The molecule has 2 aliphatic rings. The number of fused-ring (bicyclic) bond motifs is 2. The number of morpholine rings is 1. The second-order valence-corrected chi connectivity index (χ2v) is 8.59. The molecule has 2 saturated heterocycles. The summed E-state index contributed by atoms with van der Waals surface area (Å²) in [7, 11) is 0. The van der Waals surface area contributed by atoms with Gasteiger partial charge in [-0.15, -0.1) is 0 Å². The van der Waals surface area contributed by atoms with Crippen molar-refractivity contribution in [3.63, 3.8) is 0 Å². The quantitative estimate of drug-likeness (QED) is 0.534. The lowest BCUT2D eigenvalue weighted by molar-refractivity contribution is -0.0494. The SMILES string of the molecule is CCCCN(CCCC)c1nc(-c2cnc(N)c(OC(F)F)c2)cc(N2C[C@@H]3C[C@H]2CO3)n1. The number of hydrogen-bond acceptors (Lipinski definition) is 8. The first-order valence-corrected chi connectivity index (χ1v) is 11.7. The molecule has 2 aromatic rings. The summed E-state index contributed by atoms with van der Waals surface area (Å²) in [6, 6.07) is 3.64. The van der Waals surface area contributed by atoms with Crippen LogP contribution in [-0.2, 0) is 4.74 Å². The molecule has 33 heavy (non-hydrogen) atoms. The highest BCUT2D eigenvalue weighted by molar-refractivity contribution is 5.68. The molecule has 2 fully saturated rings. The van der Waals surface area contributed by atoms with E-state index in [1.807, 2.05) is 6.07 Å². The number of hydrogen-bond donors (Lipinski definition) is 1. The van der Waals surface area contributed by atoms with Crippen molar-refractivity contribution in [2.24, 2.45) is 0 Å². The smallest absolute Gasteiger partial charge is 0.387 e. The van der Waals surface area contributed by atoms with Crippen LogP contribution in [-0.4, -0.2) is 60.0 Å². The molecule has 2 aromatic heterocycles. The lowest BCUT2D eigenvalue weighted by Gasteiger charge is -2.30. The Kier molecular flexibility index (Phi) is 7.42. The van der Waals surface area contributed by atoms with E-state index in [1.165, 1.54) is 12.3 Å². The van der Waals surface area contributed by atoms with Crippen molar-refractivity contribution < 1.29 is 18.3 Å². The van der Waals surface area contributed by atoms with E-state index in [4.69, 9.17) is 20.4 Å². The van der Waals surface area contributed by atoms with Gasteiger partial charge < -0.3 is 25.0 Å². The monoisotopic (exact) mass is 462 g/mol. The summed E-state index contributed by atoms with van der Waals surface area (Å²) in [5, 5.41) is 0. The van der Waals surface area contributed by atoms with Crippen molar-refractivity contribution in [1.82, 2.24) is 15.0 Å². The summed E-state index contributed by atoms with van der Waals surface area (Å²) in [5.74, 6) is 1.21. The van der Waals surface area contributed by atoms with E-state index in [9.17, 15) is 8.78 Å². The summed E-state index contributed by atoms with van der Waals surface area (Å²) >= 11 is 0. The van der Waals surface area contributed by atoms with E-state index in [0.29, 0.717) is 23.8 Å². The van der Waals surface area contributed by atoms with E-state index >= 15 is 0 Å². The van der Waals surface area contributed by atoms with E-state index in [2.05, 4.69) is 33.4 Å². The van der Waals surface area contributed by atoms with Crippen molar-refractivity contribution in [2.45, 2.75) is 64.7 Å². The van der Waals surface area contributed by atoms with Crippen LogP contribution in [0.25, 0.3) is 11.3 Å². The first-order valence-electron chi connectivity index (χ1n) is 11.7. The zero-order chi connectivity index (χ0) is 23.4. The van der Waals surface area contributed by atoms with Crippen LogP contribution in [0.4, 0.5) is 26.4 Å². The first-order chi connectivity index (χ1) is 16.0. The fourth-order valence-electron chi connectivity index (χ4n) is 4.33. The Hall–Kier alpha value is -2.75. The van der Waals surface area contributed by atoms with Crippen molar-refractivity contribution in [1.29, 1.82) is 0 Å². The molecule has 2 N–H and O–H groups in total. The molecule has 0 aliphatic carbocycles. The topological polar surface area (TPSA) is 89.6 Å². The number of unbranched alkanes of at least 4 members (excludes halogenated alkanes) is 2. The van der Waals surface area contributed by atoms with E-state index in [-0.39, 0.29) is 23.7 Å². The van der Waals surface area contributed by atoms with Gasteiger partial charge in [-0.3, -0.25) is 0 Å². The average Bonchev–Trinajstić information content (AvgIpc) is 3.44. The van der Waals surface area contributed by atoms with Crippen LogP contribution in [0.1, 0.15) is 46.0 Å². The highest BCUT2D eigenvalue weighted by Crippen LogP contribution is 2.35. The third-order valence-electron chi connectivity index (χ3n) is 6.14. The maximum atomic E-state index is 12.8. The molecule has 10 heteroatoms. The van der Waals surface area contributed by atoms with Crippen molar-refractivity contribution in [3.8, 4) is 17.0 Å². The maximum absolute atomic E-state index is 12.8. The molecule has 0 saturated carbocycles. The number of pyridine rings is 1. The summed E-state index contributed by atoms with van der Waals surface area (Å²) in [5.41, 5.74) is 6.89. The zero-order valence-corrected chi connectivity index (χ0v) is 19.2. The Labute approximate surface area is 193 Å². The second-order valence-electron chi connectivity index (χ2n) is 8.59. The lowest BCUT2D eigenvalue weighted by atomic mass is 10.2. The third kappa shape index (κ3) is 5.43. The fourth-order valence-corrected chi connectivity index (χ4v) is 4.33. The highest BCUT2D eigenvalue weighted by atomic mass is 19.3. The van der Waals surface area contributed by atoms with Crippen LogP contribution < -0.4 is 20.3 Å². The minimum atomic E-state index is -2.99. The van der Waals surface area contributed by atoms with Crippen LogP contribution in [0.15, 0.2) is 18.3 Å². The van der Waals surface area contributed by atoms with E-state index < -0.39 is 6.61 Å². The van der Waals surface area contributed by atoms with E-state index in [1.54, 1.807) is 0 Å². The molecule has 0 amide bonds. The fraction of sp³-hybridized carbons (Fsp3) is 0.609. The molecule has 0 aromatic carbocycles. The van der Waals surface area contributed by atoms with Gasteiger partial charge in [0, 0.05) is 37.5 Å².